The van der Waals surface area contributed by atoms with Crippen LogP contribution < -0.4 is 31.0 Å². The number of hydrogen-bond acceptors (Lipinski definition) is 10. The highest BCUT2D eigenvalue weighted by Gasteiger charge is 2.20. The largest absolute Gasteiger partial charge is 0.496 e. The van der Waals surface area contributed by atoms with Gasteiger partial charge in [0.1, 0.15) is 17.0 Å². The Morgan fingerprint density at radius 3 is 2.20 bits per heavy atom. The fraction of sp³-hybridized carbons (Fsp3) is 0.190. The molecule has 0 saturated carbocycles. The van der Waals surface area contributed by atoms with E-state index in [1.54, 1.807) is 63.0 Å². The van der Waals surface area contributed by atoms with E-state index in [0.29, 0.717) is 29.1 Å². The lowest BCUT2D eigenvalue weighted by molar-refractivity contribution is 0.0943. The molecule has 12 heteroatoms. The van der Waals surface area contributed by atoms with Crippen molar-refractivity contribution in [2.24, 2.45) is 0 Å². The fourth-order valence-corrected chi connectivity index (χ4v) is 6.59. The molecule has 3 N–H and O–H groups in total. The first-order chi connectivity index (χ1) is 26.4. The first-order valence-electron chi connectivity index (χ1n) is 17.6. The van der Waals surface area contributed by atoms with Crippen LogP contribution in [0.1, 0.15) is 40.1 Å². The molecule has 12 nitrogen and oxygen atoms in total. The molecule has 3 aromatic heterocycles. The Balaban J connectivity index is 0.000000174. The second-order valence-electron chi connectivity index (χ2n) is 12.6. The van der Waals surface area contributed by atoms with E-state index in [4.69, 9.17) is 13.9 Å². The van der Waals surface area contributed by atoms with Gasteiger partial charge in [-0.1, -0.05) is 55.0 Å². The summed E-state index contributed by atoms with van der Waals surface area (Å²) in [4.78, 5) is 50.6. The quantitative estimate of drug-likeness (QED) is 0.153. The molecule has 4 aromatic carbocycles. The number of anilines is 1. The smallest absolute Gasteiger partial charge is 0.365 e. The van der Waals surface area contributed by atoms with Crippen LogP contribution in [0, 0.1) is 0 Å². The van der Waals surface area contributed by atoms with Gasteiger partial charge in [0.2, 0.25) is 5.89 Å². The van der Waals surface area contributed by atoms with Crippen molar-refractivity contribution < 1.29 is 23.5 Å². The number of amides is 2. The molecule has 1 saturated heterocycles. The average molecular weight is 723 g/mol. The number of piperidine rings is 1. The third-order valence-electron chi connectivity index (χ3n) is 9.27. The van der Waals surface area contributed by atoms with Gasteiger partial charge in [-0.15, -0.1) is 0 Å². The van der Waals surface area contributed by atoms with E-state index in [0.717, 1.165) is 52.2 Å². The summed E-state index contributed by atoms with van der Waals surface area (Å²) in [5.74, 6) is 1.12. The van der Waals surface area contributed by atoms with Gasteiger partial charge >= 0.3 is 5.63 Å². The molecule has 2 amide bonds. The zero-order valence-corrected chi connectivity index (χ0v) is 29.8. The number of rotatable bonds is 8. The van der Waals surface area contributed by atoms with Crippen LogP contribution in [0.4, 0.5) is 5.69 Å². The molecule has 0 spiro atoms. The van der Waals surface area contributed by atoms with Gasteiger partial charge in [-0.25, -0.2) is 19.7 Å². The van der Waals surface area contributed by atoms with Crippen molar-refractivity contribution in [3.63, 3.8) is 0 Å². The second-order valence-corrected chi connectivity index (χ2v) is 12.6. The molecule has 1 aliphatic rings. The molecule has 0 aliphatic carbocycles. The molecule has 0 bridgehead atoms. The van der Waals surface area contributed by atoms with Gasteiger partial charge in [-0.05, 0) is 78.7 Å². The zero-order valence-electron chi connectivity index (χ0n) is 29.8. The third kappa shape index (κ3) is 7.59. The molecular weight excluding hydrogens is 684 g/mol. The average Bonchev–Trinajstić information content (AvgIpc) is 3.22. The van der Waals surface area contributed by atoms with Crippen molar-refractivity contribution in [1.29, 1.82) is 0 Å². The number of hydrogen-bond donors (Lipinski definition) is 3. The highest BCUT2D eigenvalue weighted by atomic mass is 16.5. The summed E-state index contributed by atoms with van der Waals surface area (Å²) in [6.07, 6.45) is 6.46. The van der Waals surface area contributed by atoms with Gasteiger partial charge in [0.25, 0.3) is 11.8 Å². The van der Waals surface area contributed by atoms with E-state index in [1.165, 1.54) is 6.42 Å². The molecule has 7 aromatic rings. The van der Waals surface area contributed by atoms with Gasteiger partial charge in [0.15, 0.2) is 11.2 Å². The van der Waals surface area contributed by atoms with Crippen LogP contribution in [-0.2, 0) is 0 Å². The summed E-state index contributed by atoms with van der Waals surface area (Å²) >= 11 is 0. The Hall–Kier alpha value is -6.66. The molecule has 8 rings (SSSR count). The molecular formula is C42H38N6O6. The Labute approximate surface area is 310 Å². The van der Waals surface area contributed by atoms with Crippen molar-refractivity contribution in [3.05, 3.63) is 131 Å². The van der Waals surface area contributed by atoms with E-state index in [1.807, 2.05) is 60.7 Å². The number of carbonyl (C=O) groups is 2. The zero-order chi connectivity index (χ0) is 37.4. The van der Waals surface area contributed by atoms with Gasteiger partial charge in [0.05, 0.1) is 19.9 Å². The minimum absolute atomic E-state index is 0.199. The second kappa shape index (κ2) is 16.3. The van der Waals surface area contributed by atoms with Gasteiger partial charge in [-0.2, -0.15) is 0 Å². The van der Waals surface area contributed by atoms with Crippen molar-refractivity contribution in [3.8, 4) is 23.0 Å². The number of nitrogens with one attached hydrogen (secondary N) is 3. The fourth-order valence-electron chi connectivity index (χ4n) is 6.59. The first kappa shape index (κ1) is 35.7. The normalized spacial score (nSPS) is 13.9. The number of aromatic nitrogens is 3. The van der Waals surface area contributed by atoms with Gasteiger partial charge < -0.3 is 29.8 Å². The Morgan fingerprint density at radius 2 is 1.46 bits per heavy atom. The van der Waals surface area contributed by atoms with Crippen LogP contribution in [-0.4, -0.2) is 60.1 Å². The lowest BCUT2D eigenvalue weighted by Crippen LogP contribution is -2.43. The van der Waals surface area contributed by atoms with E-state index in [9.17, 15) is 14.4 Å². The Kier molecular flexibility index (Phi) is 10.8. The number of nitrogens with zero attached hydrogens (tertiary/aromatic N) is 3. The number of pyridine rings is 2. The highest BCUT2D eigenvalue weighted by molar-refractivity contribution is 6.15. The van der Waals surface area contributed by atoms with Crippen LogP contribution in [0.25, 0.3) is 44.0 Å². The lowest BCUT2D eigenvalue weighted by atomic mass is 10.0. The van der Waals surface area contributed by atoms with Crippen LogP contribution in [0.15, 0.2) is 119 Å². The molecule has 1 atom stereocenters. The Morgan fingerprint density at radius 1 is 0.778 bits per heavy atom. The van der Waals surface area contributed by atoms with Crippen LogP contribution in [0.5, 0.6) is 11.5 Å². The summed E-state index contributed by atoms with van der Waals surface area (Å²) in [5.41, 5.74) is 2.06. The summed E-state index contributed by atoms with van der Waals surface area (Å²) in [5, 5.41) is 12.7. The van der Waals surface area contributed by atoms with Crippen LogP contribution in [0.2, 0.25) is 0 Å². The number of fused-ring (bicyclic) bond motifs is 3. The van der Waals surface area contributed by atoms with Crippen molar-refractivity contribution in [2.75, 3.05) is 32.6 Å². The minimum atomic E-state index is -0.495. The van der Waals surface area contributed by atoms with Gasteiger partial charge in [-0.3, -0.25) is 9.59 Å². The molecule has 1 fully saturated rings. The molecule has 54 heavy (non-hydrogen) atoms. The Bertz CT molecular complexity index is 2530. The number of methoxy groups -OCH3 is 2. The van der Waals surface area contributed by atoms with Gasteiger partial charge in [0, 0.05) is 46.9 Å². The first-order valence-corrected chi connectivity index (χ1v) is 17.6. The van der Waals surface area contributed by atoms with E-state index in [-0.39, 0.29) is 35.0 Å². The molecule has 0 unspecified atom stereocenters. The summed E-state index contributed by atoms with van der Waals surface area (Å²) in [6.45, 7) is 1.51. The van der Waals surface area contributed by atoms with Crippen LogP contribution in [0.3, 0.4) is 0 Å². The van der Waals surface area contributed by atoms with E-state index in [2.05, 4.69) is 30.9 Å². The predicted molar refractivity (Wildman–Crippen MR) is 208 cm³/mol. The SMILES string of the molecule is COc1ccc(-c2nc3cccnc3c(=O)o2)c2ccccc12.COc1ccc(C(=O)Nc2cccnc2C(=O)NC[C@H]2CCCCN2)c2ccccc12. The topological polar surface area (TPSA) is 158 Å². The molecule has 272 valence electrons. The third-order valence-corrected chi connectivity index (χ3v) is 9.27. The number of carbonyl (C=O) groups excluding carboxylic acids is 2. The van der Waals surface area contributed by atoms with Crippen molar-refractivity contribution in [2.45, 2.75) is 25.3 Å². The number of benzene rings is 4. The molecule has 0 radical (unpaired) electrons. The minimum Gasteiger partial charge on any atom is -0.496 e. The summed E-state index contributed by atoms with van der Waals surface area (Å²) in [6, 6.07) is 29.6. The lowest BCUT2D eigenvalue weighted by Gasteiger charge is -2.23. The maximum atomic E-state index is 13.1. The monoisotopic (exact) mass is 722 g/mol. The van der Waals surface area contributed by atoms with Crippen LogP contribution >= 0.6 is 0 Å². The van der Waals surface area contributed by atoms with E-state index < -0.39 is 5.63 Å². The predicted octanol–water partition coefficient (Wildman–Crippen LogP) is 6.78. The van der Waals surface area contributed by atoms with Crippen molar-refractivity contribution >= 4 is 50.1 Å². The maximum Gasteiger partial charge on any atom is 0.365 e. The summed E-state index contributed by atoms with van der Waals surface area (Å²) < 4.78 is 16.2. The standard InChI is InChI=1S/C24H26N4O3.C18H12N2O3/c1-31-21-12-11-19(17-8-2-3-9-18(17)21)23(29)28-20-10-6-14-26-22(20)24(30)27-15-16-7-4-5-13-25-16;1-22-15-9-8-13(11-5-2-3-6-12(11)15)17-20-14-7-4-10-19-16(14)18(21)23-17/h2-3,6,8-12,14,16,25H,4-5,7,13,15H2,1H3,(H,27,30)(H,28,29);2-10H,1H3/t16-;/m1./s1. The van der Waals surface area contributed by atoms with E-state index >= 15 is 0 Å². The van der Waals surface area contributed by atoms with Crippen molar-refractivity contribution in [1.82, 2.24) is 25.6 Å². The molecule has 4 heterocycles. The maximum absolute atomic E-state index is 13.1. The summed E-state index contributed by atoms with van der Waals surface area (Å²) in [7, 11) is 3.23. The molecule has 1 aliphatic heterocycles. The number of ether oxygens (including phenoxy) is 2. The highest BCUT2D eigenvalue weighted by Crippen LogP contribution is 2.34.